The number of nitrogens with zero attached hydrogens (tertiary/aromatic N) is 1. The first-order valence-electron chi connectivity index (χ1n) is 6.47. The molecule has 0 bridgehead atoms. The molecule has 1 amide bonds. The Balaban J connectivity index is 2.20. The molecule has 0 aliphatic rings. The fraction of sp³-hybridized carbons (Fsp3) is 0.267. The quantitative estimate of drug-likeness (QED) is 0.795. The van der Waals surface area contributed by atoms with Gasteiger partial charge in [-0.15, -0.1) is 11.3 Å². The van der Waals surface area contributed by atoms with Gasteiger partial charge in [-0.05, 0) is 29.6 Å². The SMILES string of the molecule is COCCN(Cc1cccs1)C(=O)c1cc(N)cc(Br)c1. The van der Waals surface area contributed by atoms with E-state index in [1.54, 1.807) is 41.5 Å². The average Bonchev–Trinajstić information content (AvgIpc) is 2.94. The van der Waals surface area contributed by atoms with Crippen molar-refractivity contribution >= 4 is 38.9 Å². The number of halogens is 1. The topological polar surface area (TPSA) is 55.6 Å². The van der Waals surface area contributed by atoms with Crippen molar-refractivity contribution in [3.8, 4) is 0 Å². The first-order valence-corrected chi connectivity index (χ1v) is 8.14. The summed E-state index contributed by atoms with van der Waals surface area (Å²) in [6.45, 7) is 1.62. The minimum atomic E-state index is -0.0477. The smallest absolute Gasteiger partial charge is 0.254 e. The molecule has 0 radical (unpaired) electrons. The number of carbonyl (C=O) groups excluding carboxylic acids is 1. The highest BCUT2D eigenvalue weighted by atomic mass is 79.9. The number of nitrogen functional groups attached to an aromatic ring is 1. The van der Waals surface area contributed by atoms with E-state index in [4.69, 9.17) is 10.5 Å². The van der Waals surface area contributed by atoms with Crippen LogP contribution in [0.3, 0.4) is 0 Å². The molecule has 0 saturated heterocycles. The molecule has 1 aromatic carbocycles. The normalized spacial score (nSPS) is 10.6. The Morgan fingerprint density at radius 3 is 2.86 bits per heavy atom. The van der Waals surface area contributed by atoms with E-state index in [2.05, 4.69) is 15.9 Å². The number of benzene rings is 1. The van der Waals surface area contributed by atoms with Gasteiger partial charge in [0.05, 0.1) is 13.2 Å². The first kappa shape index (κ1) is 16.0. The Kier molecular flexibility index (Phi) is 5.78. The van der Waals surface area contributed by atoms with Gasteiger partial charge in [0.2, 0.25) is 0 Å². The van der Waals surface area contributed by atoms with Gasteiger partial charge in [0, 0.05) is 34.3 Å². The third-order valence-electron chi connectivity index (χ3n) is 2.95. The highest BCUT2D eigenvalue weighted by Gasteiger charge is 2.17. The first-order chi connectivity index (χ1) is 10.1. The highest BCUT2D eigenvalue weighted by Crippen LogP contribution is 2.20. The second-order valence-electron chi connectivity index (χ2n) is 4.57. The molecule has 0 fully saturated rings. The molecular formula is C15H17BrN2O2S. The molecule has 21 heavy (non-hydrogen) atoms. The zero-order valence-electron chi connectivity index (χ0n) is 11.7. The summed E-state index contributed by atoms with van der Waals surface area (Å²) in [7, 11) is 1.63. The standard InChI is InChI=1S/C15H17BrN2O2S/c1-20-5-4-18(10-14-3-2-6-21-14)15(19)11-7-12(16)9-13(17)8-11/h2-3,6-9H,4-5,10,17H2,1H3. The van der Waals surface area contributed by atoms with Crippen molar-refractivity contribution in [1.29, 1.82) is 0 Å². The molecule has 4 nitrogen and oxygen atoms in total. The third kappa shape index (κ3) is 4.56. The molecule has 2 aromatic rings. The molecule has 112 valence electrons. The van der Waals surface area contributed by atoms with Crippen molar-refractivity contribution in [3.63, 3.8) is 0 Å². The molecule has 1 aromatic heterocycles. The maximum Gasteiger partial charge on any atom is 0.254 e. The molecular weight excluding hydrogens is 352 g/mol. The molecule has 0 spiro atoms. The highest BCUT2D eigenvalue weighted by molar-refractivity contribution is 9.10. The maximum absolute atomic E-state index is 12.7. The van der Waals surface area contributed by atoms with Gasteiger partial charge in [-0.3, -0.25) is 4.79 Å². The van der Waals surface area contributed by atoms with Gasteiger partial charge in [-0.2, -0.15) is 0 Å². The molecule has 0 aliphatic carbocycles. The van der Waals surface area contributed by atoms with Crippen molar-refractivity contribution in [2.45, 2.75) is 6.54 Å². The molecule has 1 heterocycles. The van der Waals surface area contributed by atoms with Crippen molar-refractivity contribution in [1.82, 2.24) is 4.90 Å². The monoisotopic (exact) mass is 368 g/mol. The van der Waals surface area contributed by atoms with Gasteiger partial charge in [0.15, 0.2) is 0 Å². The molecule has 0 aliphatic heterocycles. The van der Waals surface area contributed by atoms with E-state index in [9.17, 15) is 4.79 Å². The van der Waals surface area contributed by atoms with Crippen molar-refractivity contribution in [3.05, 3.63) is 50.6 Å². The van der Waals surface area contributed by atoms with E-state index in [1.807, 2.05) is 17.5 Å². The van der Waals surface area contributed by atoms with E-state index in [-0.39, 0.29) is 5.91 Å². The molecule has 0 atom stereocenters. The van der Waals surface area contributed by atoms with E-state index < -0.39 is 0 Å². The predicted octanol–water partition coefficient (Wildman–Crippen LogP) is 3.38. The molecule has 2 rings (SSSR count). The van der Waals surface area contributed by atoms with Crippen LogP contribution in [0.4, 0.5) is 5.69 Å². The van der Waals surface area contributed by atoms with Crippen molar-refractivity contribution in [2.75, 3.05) is 26.0 Å². The van der Waals surface area contributed by atoms with E-state index in [0.29, 0.717) is 30.9 Å². The number of carbonyl (C=O) groups is 1. The summed E-state index contributed by atoms with van der Waals surface area (Å²) in [6, 6.07) is 9.26. The van der Waals surface area contributed by atoms with Crippen LogP contribution in [-0.2, 0) is 11.3 Å². The van der Waals surface area contributed by atoms with Gasteiger partial charge < -0.3 is 15.4 Å². The van der Waals surface area contributed by atoms with E-state index >= 15 is 0 Å². The summed E-state index contributed by atoms with van der Waals surface area (Å²) in [4.78, 5) is 15.6. The lowest BCUT2D eigenvalue weighted by atomic mass is 10.1. The Morgan fingerprint density at radius 1 is 1.43 bits per heavy atom. The lowest BCUT2D eigenvalue weighted by Crippen LogP contribution is -2.33. The van der Waals surface area contributed by atoms with E-state index in [0.717, 1.165) is 9.35 Å². The van der Waals surface area contributed by atoms with Gasteiger partial charge in [0.25, 0.3) is 5.91 Å². The van der Waals surface area contributed by atoms with Crippen LogP contribution in [0.2, 0.25) is 0 Å². The second-order valence-corrected chi connectivity index (χ2v) is 6.52. The zero-order chi connectivity index (χ0) is 15.2. The summed E-state index contributed by atoms with van der Waals surface area (Å²) >= 11 is 5.01. The van der Waals surface area contributed by atoms with Crippen molar-refractivity contribution < 1.29 is 9.53 Å². The summed E-state index contributed by atoms with van der Waals surface area (Å²) in [6.07, 6.45) is 0. The summed E-state index contributed by atoms with van der Waals surface area (Å²) in [5.74, 6) is -0.0477. The number of amides is 1. The number of hydrogen-bond acceptors (Lipinski definition) is 4. The Hall–Kier alpha value is -1.37. The minimum Gasteiger partial charge on any atom is -0.399 e. The van der Waals surface area contributed by atoms with Crippen LogP contribution in [0.25, 0.3) is 0 Å². The van der Waals surface area contributed by atoms with Crippen LogP contribution < -0.4 is 5.73 Å². The number of hydrogen-bond donors (Lipinski definition) is 1. The summed E-state index contributed by atoms with van der Waals surface area (Å²) < 4.78 is 5.90. The van der Waals surface area contributed by atoms with Crippen LogP contribution in [0.1, 0.15) is 15.2 Å². The molecule has 2 N–H and O–H groups in total. The predicted molar refractivity (Wildman–Crippen MR) is 89.5 cm³/mol. The van der Waals surface area contributed by atoms with E-state index in [1.165, 1.54) is 0 Å². The minimum absolute atomic E-state index is 0.0477. The van der Waals surface area contributed by atoms with Crippen LogP contribution in [0.5, 0.6) is 0 Å². The average molecular weight is 369 g/mol. The largest absolute Gasteiger partial charge is 0.399 e. The number of nitrogens with two attached hydrogens (primary N) is 1. The fourth-order valence-corrected chi connectivity index (χ4v) is 3.19. The number of thiophene rings is 1. The van der Waals surface area contributed by atoms with Crippen LogP contribution >= 0.6 is 27.3 Å². The van der Waals surface area contributed by atoms with Crippen molar-refractivity contribution in [2.24, 2.45) is 0 Å². The maximum atomic E-state index is 12.7. The zero-order valence-corrected chi connectivity index (χ0v) is 14.1. The van der Waals surface area contributed by atoms with Crippen LogP contribution in [0, 0.1) is 0 Å². The molecule has 0 unspecified atom stereocenters. The fourth-order valence-electron chi connectivity index (χ4n) is 1.96. The summed E-state index contributed by atoms with van der Waals surface area (Å²) in [5.41, 5.74) is 6.95. The number of anilines is 1. The van der Waals surface area contributed by atoms with Gasteiger partial charge >= 0.3 is 0 Å². The van der Waals surface area contributed by atoms with Crippen LogP contribution in [0.15, 0.2) is 40.2 Å². The Bertz CT molecular complexity index is 581. The Labute approximate surface area is 136 Å². The second kappa shape index (κ2) is 7.59. The molecule has 6 heteroatoms. The van der Waals surface area contributed by atoms with Crippen LogP contribution in [-0.4, -0.2) is 31.1 Å². The number of rotatable bonds is 6. The number of ether oxygens (including phenoxy) is 1. The number of methoxy groups -OCH3 is 1. The lowest BCUT2D eigenvalue weighted by molar-refractivity contribution is 0.0682. The van der Waals surface area contributed by atoms with Gasteiger partial charge in [-0.25, -0.2) is 0 Å². The summed E-state index contributed by atoms with van der Waals surface area (Å²) in [5, 5.41) is 2.01. The van der Waals surface area contributed by atoms with Gasteiger partial charge in [-0.1, -0.05) is 22.0 Å². The molecule has 0 saturated carbocycles. The lowest BCUT2D eigenvalue weighted by Gasteiger charge is -2.22. The Morgan fingerprint density at radius 2 is 2.24 bits per heavy atom. The third-order valence-corrected chi connectivity index (χ3v) is 4.27. The van der Waals surface area contributed by atoms with Gasteiger partial charge in [0.1, 0.15) is 0 Å².